The Morgan fingerprint density at radius 3 is 2.50 bits per heavy atom. The van der Waals surface area contributed by atoms with E-state index in [4.69, 9.17) is 5.11 Å². The van der Waals surface area contributed by atoms with E-state index in [-0.39, 0.29) is 16.3 Å². The number of thiol groups is 1. The van der Waals surface area contributed by atoms with Gasteiger partial charge in [0.15, 0.2) is 5.78 Å². The Hall–Kier alpha value is -0.0600. The predicted molar refractivity (Wildman–Crippen MR) is 42.7 cm³/mol. The third-order valence-electron chi connectivity index (χ3n) is 1.15. The van der Waals surface area contributed by atoms with Crippen LogP contribution in [0.2, 0.25) is 0 Å². The van der Waals surface area contributed by atoms with Crippen LogP contribution in [0.4, 0.5) is 0 Å². The Kier molecular flexibility index (Phi) is 3.93. The summed E-state index contributed by atoms with van der Waals surface area (Å²) in [7, 11) is 1.79. The molecule has 10 heavy (non-hydrogen) atoms. The summed E-state index contributed by atoms with van der Waals surface area (Å²) >= 11 is 4.16. The van der Waals surface area contributed by atoms with E-state index in [9.17, 15) is 4.79 Å². The number of ketones is 1. The Morgan fingerprint density at radius 1 is 1.70 bits per heavy atom. The lowest BCUT2D eigenvalue weighted by molar-refractivity contribution is -0.761. The average Bonchev–Trinajstić information content (AvgIpc) is 1.59. The maximum Gasteiger partial charge on any atom is 0.184 e. The molecule has 0 heterocycles. The van der Waals surface area contributed by atoms with Crippen LogP contribution in [-0.2, 0) is 4.79 Å². The van der Waals surface area contributed by atoms with Crippen molar-refractivity contribution < 1.29 is 13.8 Å². The molecule has 0 spiro atoms. The second-order valence-electron chi connectivity index (χ2n) is 2.65. The van der Waals surface area contributed by atoms with Gasteiger partial charge in [-0.25, -0.2) is 0 Å². The van der Waals surface area contributed by atoms with Gasteiger partial charge >= 0.3 is 0 Å². The Morgan fingerprint density at radius 2 is 2.20 bits per heavy atom. The van der Waals surface area contributed by atoms with E-state index in [1.54, 1.807) is 7.05 Å². The molecule has 60 valence electrons. The standard InChI is InChI=1S/C6H14NO2S/c1-6(9)5-7(2,10)3-4-8/h8,10H,3-5H2,1-2H3/q+1. The Balaban J connectivity index is 3.74. The van der Waals surface area contributed by atoms with Gasteiger partial charge in [-0.3, -0.25) is 8.68 Å². The number of quaternary nitrogens is 1. The molecule has 0 aliphatic carbocycles. The van der Waals surface area contributed by atoms with E-state index in [0.717, 1.165) is 0 Å². The number of rotatable bonds is 4. The average molecular weight is 164 g/mol. The van der Waals surface area contributed by atoms with Crippen molar-refractivity contribution in [2.24, 2.45) is 0 Å². The minimum atomic E-state index is 0.0628. The first-order valence-corrected chi connectivity index (χ1v) is 3.55. The van der Waals surface area contributed by atoms with Gasteiger partial charge in [0.25, 0.3) is 0 Å². The monoisotopic (exact) mass is 164 g/mol. The van der Waals surface area contributed by atoms with Crippen LogP contribution in [0.1, 0.15) is 6.92 Å². The third kappa shape index (κ3) is 4.78. The van der Waals surface area contributed by atoms with Crippen LogP contribution < -0.4 is 0 Å². The van der Waals surface area contributed by atoms with E-state index in [2.05, 4.69) is 12.8 Å². The molecular formula is C6H14NO2S+. The fourth-order valence-corrected chi connectivity index (χ4v) is 1.06. The number of aliphatic hydroxyl groups is 1. The van der Waals surface area contributed by atoms with Crippen molar-refractivity contribution in [3.05, 3.63) is 0 Å². The first-order valence-electron chi connectivity index (χ1n) is 3.15. The summed E-state index contributed by atoms with van der Waals surface area (Å²) in [5.41, 5.74) is 0. The van der Waals surface area contributed by atoms with Crippen LogP contribution in [0.5, 0.6) is 0 Å². The summed E-state index contributed by atoms with van der Waals surface area (Å²) in [5, 5.41) is 8.54. The number of hydrogen-bond acceptors (Lipinski definition) is 3. The fourth-order valence-electron chi connectivity index (χ4n) is 0.774. The molecule has 4 heteroatoms. The molecule has 3 nitrogen and oxygen atoms in total. The molecule has 1 atom stereocenters. The molecule has 0 bridgehead atoms. The Labute approximate surface area is 66.8 Å². The fraction of sp³-hybridized carbons (Fsp3) is 0.833. The number of aliphatic hydroxyl groups excluding tert-OH is 1. The van der Waals surface area contributed by atoms with Crippen molar-refractivity contribution >= 4 is 18.6 Å². The molecule has 1 N–H and O–H groups in total. The van der Waals surface area contributed by atoms with Gasteiger partial charge in [0.2, 0.25) is 0 Å². The van der Waals surface area contributed by atoms with Crippen molar-refractivity contribution in [2.75, 3.05) is 26.7 Å². The van der Waals surface area contributed by atoms with Crippen LogP contribution in [0, 0.1) is 0 Å². The Bertz CT molecular complexity index is 125. The van der Waals surface area contributed by atoms with Crippen LogP contribution >= 0.6 is 12.8 Å². The number of Topliss-reactive ketones (excluding diaryl/α,β-unsaturated/α-hetero) is 1. The van der Waals surface area contributed by atoms with Crippen molar-refractivity contribution in [1.82, 2.24) is 0 Å². The maximum absolute atomic E-state index is 10.6. The molecule has 0 rings (SSSR count). The SMILES string of the molecule is CC(=O)C[N+](C)(S)CCO. The molecule has 0 aromatic heterocycles. The molecule has 0 aliphatic rings. The summed E-state index contributed by atoms with van der Waals surface area (Å²) in [6.07, 6.45) is 0. The highest BCUT2D eigenvalue weighted by Crippen LogP contribution is 2.04. The van der Waals surface area contributed by atoms with Crippen molar-refractivity contribution in [1.29, 1.82) is 0 Å². The van der Waals surface area contributed by atoms with E-state index in [0.29, 0.717) is 13.1 Å². The van der Waals surface area contributed by atoms with Gasteiger partial charge in [0, 0.05) is 6.92 Å². The van der Waals surface area contributed by atoms with E-state index in [1.165, 1.54) is 6.92 Å². The lowest BCUT2D eigenvalue weighted by Crippen LogP contribution is -2.40. The number of nitrogens with zero attached hydrogens (tertiary/aromatic N) is 1. The second kappa shape index (κ2) is 3.95. The first kappa shape index (κ1) is 9.94. The molecule has 1 unspecified atom stereocenters. The van der Waals surface area contributed by atoms with Crippen molar-refractivity contribution in [2.45, 2.75) is 6.92 Å². The van der Waals surface area contributed by atoms with Gasteiger partial charge in [-0.05, 0) is 0 Å². The zero-order valence-corrected chi connectivity index (χ0v) is 7.27. The summed E-state index contributed by atoms with van der Waals surface area (Å²) < 4.78 is 0.270. The van der Waals surface area contributed by atoms with Gasteiger partial charge in [0.1, 0.15) is 13.1 Å². The van der Waals surface area contributed by atoms with Gasteiger partial charge in [-0.1, -0.05) is 0 Å². The molecule has 0 saturated carbocycles. The van der Waals surface area contributed by atoms with Gasteiger partial charge in [-0.15, -0.1) is 0 Å². The number of carbonyl (C=O) groups excluding carboxylic acids is 1. The van der Waals surface area contributed by atoms with E-state index in [1.807, 2.05) is 0 Å². The number of hydrogen-bond donors (Lipinski definition) is 2. The van der Waals surface area contributed by atoms with Crippen LogP contribution in [-0.4, -0.2) is 41.5 Å². The quantitative estimate of drug-likeness (QED) is 0.448. The number of likely N-dealkylation sites (N-methyl/N-ethyl adjacent to an activating group) is 1. The largest absolute Gasteiger partial charge is 0.390 e. The lowest BCUT2D eigenvalue weighted by atomic mass is 10.4. The summed E-state index contributed by atoms with van der Waals surface area (Å²) in [5.74, 6) is 0.0888. The zero-order valence-electron chi connectivity index (χ0n) is 6.37. The molecule has 0 aromatic carbocycles. The number of carbonyl (C=O) groups is 1. The zero-order chi connectivity index (χ0) is 8.20. The summed E-state index contributed by atoms with van der Waals surface area (Å²) in [6.45, 7) is 2.45. The van der Waals surface area contributed by atoms with Crippen molar-refractivity contribution in [3.8, 4) is 0 Å². The molecule has 0 aliphatic heterocycles. The third-order valence-corrected chi connectivity index (χ3v) is 1.49. The van der Waals surface area contributed by atoms with Crippen LogP contribution in [0.15, 0.2) is 0 Å². The van der Waals surface area contributed by atoms with Gasteiger partial charge < -0.3 is 5.11 Å². The highest BCUT2D eigenvalue weighted by atomic mass is 32.1. The highest BCUT2D eigenvalue weighted by molar-refractivity contribution is 7.74. The lowest BCUT2D eigenvalue weighted by Gasteiger charge is -2.24. The van der Waals surface area contributed by atoms with E-state index < -0.39 is 0 Å². The maximum atomic E-state index is 10.6. The molecule has 0 saturated heterocycles. The summed E-state index contributed by atoms with van der Waals surface area (Å²) in [6, 6.07) is 0. The minimum absolute atomic E-state index is 0.0628. The van der Waals surface area contributed by atoms with E-state index >= 15 is 0 Å². The van der Waals surface area contributed by atoms with Gasteiger partial charge in [-0.2, -0.15) is 0 Å². The van der Waals surface area contributed by atoms with Crippen molar-refractivity contribution in [3.63, 3.8) is 0 Å². The second-order valence-corrected chi connectivity index (χ2v) is 3.61. The van der Waals surface area contributed by atoms with Gasteiger partial charge in [0.05, 0.1) is 26.5 Å². The highest BCUT2D eigenvalue weighted by Gasteiger charge is 2.17. The van der Waals surface area contributed by atoms with Crippen LogP contribution in [0.3, 0.4) is 0 Å². The molecular weight excluding hydrogens is 150 g/mol. The smallest absolute Gasteiger partial charge is 0.184 e. The topological polar surface area (TPSA) is 37.3 Å². The predicted octanol–water partition coefficient (Wildman–Crippen LogP) is -0.141. The molecule has 0 fully saturated rings. The summed E-state index contributed by atoms with van der Waals surface area (Å²) in [4.78, 5) is 10.6. The normalized spacial score (nSPS) is 16.4. The minimum Gasteiger partial charge on any atom is -0.390 e. The molecule has 0 amide bonds. The molecule has 0 aromatic rings. The first-order chi connectivity index (χ1) is 4.48. The van der Waals surface area contributed by atoms with Crippen LogP contribution in [0.25, 0.3) is 0 Å². The molecule has 0 radical (unpaired) electrons.